The van der Waals surface area contributed by atoms with Gasteiger partial charge < -0.3 is 14.7 Å². The molecular formula is C14H23NO4. The first-order valence-corrected chi connectivity index (χ1v) is 7.04. The number of rotatable bonds is 2. The van der Waals surface area contributed by atoms with Gasteiger partial charge in [-0.25, -0.2) is 0 Å². The lowest BCUT2D eigenvalue weighted by Crippen LogP contribution is -2.52. The van der Waals surface area contributed by atoms with Crippen molar-refractivity contribution in [2.45, 2.75) is 45.1 Å². The highest BCUT2D eigenvalue weighted by atomic mass is 16.5. The summed E-state index contributed by atoms with van der Waals surface area (Å²) in [4.78, 5) is 25.4. The predicted molar refractivity (Wildman–Crippen MR) is 69.7 cm³/mol. The molecule has 1 heterocycles. The normalized spacial score (nSPS) is 30.9. The minimum atomic E-state index is -0.764. The van der Waals surface area contributed by atoms with Gasteiger partial charge in [0.1, 0.15) is 0 Å². The van der Waals surface area contributed by atoms with Crippen molar-refractivity contribution in [1.82, 2.24) is 4.90 Å². The van der Waals surface area contributed by atoms with Crippen LogP contribution in [0, 0.1) is 11.8 Å². The number of hydrogen-bond donors (Lipinski definition) is 1. The average Bonchev–Trinajstić information content (AvgIpc) is 2.37. The van der Waals surface area contributed by atoms with Crippen molar-refractivity contribution in [3.63, 3.8) is 0 Å². The van der Waals surface area contributed by atoms with Crippen LogP contribution in [-0.4, -0.2) is 47.2 Å². The maximum absolute atomic E-state index is 12.5. The minimum Gasteiger partial charge on any atom is -0.481 e. The van der Waals surface area contributed by atoms with Gasteiger partial charge in [0.15, 0.2) is 0 Å². The Morgan fingerprint density at radius 3 is 2.58 bits per heavy atom. The second kappa shape index (κ2) is 5.49. The number of hydrogen-bond acceptors (Lipinski definition) is 3. The van der Waals surface area contributed by atoms with E-state index in [0.29, 0.717) is 32.5 Å². The van der Waals surface area contributed by atoms with Gasteiger partial charge in [-0.05, 0) is 33.1 Å². The van der Waals surface area contributed by atoms with E-state index in [0.717, 1.165) is 12.8 Å². The molecule has 5 heteroatoms. The van der Waals surface area contributed by atoms with Gasteiger partial charge in [0.25, 0.3) is 0 Å². The fraction of sp³-hybridized carbons (Fsp3) is 0.857. The zero-order chi connectivity index (χ0) is 14.0. The average molecular weight is 269 g/mol. The Bertz CT molecular complexity index is 366. The minimum absolute atomic E-state index is 0.113. The second-order valence-electron chi connectivity index (χ2n) is 6.27. The van der Waals surface area contributed by atoms with Crippen LogP contribution >= 0.6 is 0 Å². The predicted octanol–water partition coefficient (Wildman–Crippen LogP) is 1.51. The van der Waals surface area contributed by atoms with E-state index in [1.54, 1.807) is 0 Å². The van der Waals surface area contributed by atoms with Gasteiger partial charge in [-0.2, -0.15) is 0 Å². The molecule has 1 saturated heterocycles. The highest BCUT2D eigenvalue weighted by Gasteiger charge is 2.36. The van der Waals surface area contributed by atoms with Gasteiger partial charge in [0, 0.05) is 19.0 Å². The van der Waals surface area contributed by atoms with Crippen molar-refractivity contribution in [3.05, 3.63) is 0 Å². The molecule has 2 fully saturated rings. The fourth-order valence-corrected chi connectivity index (χ4v) is 3.10. The monoisotopic (exact) mass is 269 g/mol. The molecule has 1 aliphatic carbocycles. The van der Waals surface area contributed by atoms with E-state index >= 15 is 0 Å². The number of carboxylic acids is 1. The van der Waals surface area contributed by atoms with E-state index in [-0.39, 0.29) is 23.3 Å². The molecule has 0 unspecified atom stereocenters. The third-order valence-electron chi connectivity index (χ3n) is 4.11. The Kier molecular flexibility index (Phi) is 4.13. The van der Waals surface area contributed by atoms with Crippen molar-refractivity contribution in [2.24, 2.45) is 11.8 Å². The lowest BCUT2D eigenvalue weighted by molar-refractivity contribution is -0.153. The number of carboxylic acid groups (broad SMARTS) is 1. The van der Waals surface area contributed by atoms with Crippen LogP contribution in [0.1, 0.15) is 39.5 Å². The maximum atomic E-state index is 12.5. The number of nitrogens with zero attached hydrogens (tertiary/aromatic N) is 1. The molecule has 108 valence electrons. The Hall–Kier alpha value is -1.10. The lowest BCUT2D eigenvalue weighted by atomic mass is 9.80. The molecule has 19 heavy (non-hydrogen) atoms. The van der Waals surface area contributed by atoms with E-state index in [1.807, 2.05) is 18.7 Å². The molecule has 0 aromatic carbocycles. The molecule has 0 radical (unpaired) electrons. The summed E-state index contributed by atoms with van der Waals surface area (Å²) in [7, 11) is 0. The van der Waals surface area contributed by atoms with E-state index < -0.39 is 5.97 Å². The number of ether oxygens (including phenoxy) is 1. The van der Waals surface area contributed by atoms with Crippen molar-refractivity contribution >= 4 is 11.9 Å². The van der Waals surface area contributed by atoms with Crippen molar-refractivity contribution in [3.8, 4) is 0 Å². The molecule has 0 aromatic rings. The summed E-state index contributed by atoms with van der Waals surface area (Å²) in [6, 6.07) is 0. The molecule has 5 nitrogen and oxygen atoms in total. The Balaban J connectivity index is 1.97. The largest absolute Gasteiger partial charge is 0.481 e. The summed E-state index contributed by atoms with van der Waals surface area (Å²) in [5.74, 6) is -1.12. The molecule has 1 saturated carbocycles. The SMILES string of the molecule is CC1(C)CN(C(=O)[C@H]2CCC[C@H](C(=O)O)C2)CCO1. The molecule has 1 amide bonds. The molecule has 1 N–H and O–H groups in total. The third kappa shape index (κ3) is 3.47. The lowest BCUT2D eigenvalue weighted by Gasteiger charge is -2.40. The number of aliphatic carboxylic acids is 1. The molecular weight excluding hydrogens is 246 g/mol. The number of carbonyl (C=O) groups excluding carboxylic acids is 1. The summed E-state index contributed by atoms with van der Waals surface area (Å²) < 4.78 is 5.60. The van der Waals surface area contributed by atoms with Gasteiger partial charge in [0.05, 0.1) is 18.1 Å². The smallest absolute Gasteiger partial charge is 0.306 e. The first-order valence-electron chi connectivity index (χ1n) is 7.04. The standard InChI is InChI=1S/C14H23NO4/c1-14(2)9-15(6-7-19-14)12(16)10-4-3-5-11(8-10)13(17)18/h10-11H,3-9H2,1-2H3,(H,17,18)/t10-,11-/m0/s1. The summed E-state index contributed by atoms with van der Waals surface area (Å²) in [5, 5.41) is 9.09. The molecule has 2 atom stereocenters. The van der Waals surface area contributed by atoms with Crippen LogP contribution in [0.4, 0.5) is 0 Å². The molecule has 2 aliphatic rings. The Labute approximate surface area is 113 Å². The maximum Gasteiger partial charge on any atom is 0.306 e. The van der Waals surface area contributed by atoms with E-state index in [9.17, 15) is 9.59 Å². The zero-order valence-electron chi connectivity index (χ0n) is 11.7. The highest BCUT2D eigenvalue weighted by molar-refractivity contribution is 5.80. The number of amides is 1. The molecule has 2 rings (SSSR count). The number of carbonyl (C=O) groups is 2. The van der Waals surface area contributed by atoms with Gasteiger partial charge >= 0.3 is 5.97 Å². The molecule has 0 bridgehead atoms. The second-order valence-corrected chi connectivity index (χ2v) is 6.27. The molecule has 1 aliphatic heterocycles. The van der Waals surface area contributed by atoms with Crippen LogP contribution in [0.3, 0.4) is 0 Å². The van der Waals surface area contributed by atoms with E-state index in [4.69, 9.17) is 9.84 Å². The summed E-state index contributed by atoms with van der Waals surface area (Å²) >= 11 is 0. The van der Waals surface area contributed by atoms with Crippen LogP contribution < -0.4 is 0 Å². The van der Waals surface area contributed by atoms with Crippen LogP contribution in [0.15, 0.2) is 0 Å². The van der Waals surface area contributed by atoms with Gasteiger partial charge in [-0.3, -0.25) is 9.59 Å². The quantitative estimate of drug-likeness (QED) is 0.825. The van der Waals surface area contributed by atoms with Gasteiger partial charge in [-0.1, -0.05) is 6.42 Å². The number of morpholine rings is 1. The first kappa shape index (κ1) is 14.3. The van der Waals surface area contributed by atoms with Gasteiger partial charge in [-0.15, -0.1) is 0 Å². The Morgan fingerprint density at radius 1 is 1.26 bits per heavy atom. The summed E-state index contributed by atoms with van der Waals surface area (Å²) in [6.45, 7) is 5.74. The summed E-state index contributed by atoms with van der Waals surface area (Å²) in [5.41, 5.74) is -0.297. The third-order valence-corrected chi connectivity index (χ3v) is 4.11. The van der Waals surface area contributed by atoms with Crippen LogP contribution in [-0.2, 0) is 14.3 Å². The highest BCUT2D eigenvalue weighted by Crippen LogP contribution is 2.31. The van der Waals surface area contributed by atoms with Crippen LogP contribution in [0.5, 0.6) is 0 Å². The molecule has 0 spiro atoms. The van der Waals surface area contributed by atoms with Gasteiger partial charge in [0.2, 0.25) is 5.91 Å². The zero-order valence-corrected chi connectivity index (χ0v) is 11.7. The first-order chi connectivity index (χ1) is 8.89. The fourth-order valence-electron chi connectivity index (χ4n) is 3.10. The van der Waals surface area contributed by atoms with E-state index in [1.165, 1.54) is 0 Å². The van der Waals surface area contributed by atoms with Crippen molar-refractivity contribution < 1.29 is 19.4 Å². The van der Waals surface area contributed by atoms with Crippen molar-refractivity contribution in [2.75, 3.05) is 19.7 Å². The Morgan fingerprint density at radius 2 is 1.95 bits per heavy atom. The summed E-state index contributed by atoms with van der Waals surface area (Å²) in [6.07, 6.45) is 2.85. The van der Waals surface area contributed by atoms with E-state index in [2.05, 4.69) is 0 Å². The van der Waals surface area contributed by atoms with Crippen LogP contribution in [0.25, 0.3) is 0 Å². The van der Waals surface area contributed by atoms with Crippen LogP contribution in [0.2, 0.25) is 0 Å². The van der Waals surface area contributed by atoms with Crippen molar-refractivity contribution in [1.29, 1.82) is 0 Å². The molecule has 0 aromatic heterocycles. The topological polar surface area (TPSA) is 66.8 Å².